The summed E-state index contributed by atoms with van der Waals surface area (Å²) < 4.78 is 40.9. The van der Waals surface area contributed by atoms with Gasteiger partial charge < -0.3 is 0 Å². The van der Waals surface area contributed by atoms with E-state index in [0.717, 1.165) is 0 Å². The summed E-state index contributed by atoms with van der Waals surface area (Å²) in [5.41, 5.74) is 0.121. The van der Waals surface area contributed by atoms with E-state index >= 15 is 0 Å². The number of alkyl halides is 3. The number of benzene rings is 2. The number of aryl methyl sites for hydroxylation is 1. The maximum absolute atomic E-state index is 13.4. The standard InChI is InChI=1S/C15H10F3NS/c1-9-19-14-12(20-9)8-7-11(13(14)15(16,17)18)10-5-3-2-4-6-10/h2-8H,1H3. The van der Waals surface area contributed by atoms with Gasteiger partial charge >= 0.3 is 6.18 Å². The van der Waals surface area contributed by atoms with Gasteiger partial charge in [-0.15, -0.1) is 11.3 Å². The summed E-state index contributed by atoms with van der Waals surface area (Å²) in [5, 5.41) is 0.635. The molecule has 0 aliphatic heterocycles. The van der Waals surface area contributed by atoms with Crippen LogP contribution in [0.15, 0.2) is 42.5 Å². The number of nitrogens with zero attached hydrogens (tertiary/aromatic N) is 1. The Morgan fingerprint density at radius 3 is 2.35 bits per heavy atom. The lowest BCUT2D eigenvalue weighted by molar-refractivity contribution is -0.135. The molecule has 0 fully saturated rings. The summed E-state index contributed by atoms with van der Waals surface area (Å²) in [7, 11) is 0. The molecule has 0 saturated carbocycles. The minimum Gasteiger partial charge on any atom is -0.241 e. The van der Waals surface area contributed by atoms with Gasteiger partial charge in [0, 0.05) is 0 Å². The summed E-state index contributed by atoms with van der Waals surface area (Å²) >= 11 is 1.28. The lowest BCUT2D eigenvalue weighted by Crippen LogP contribution is -2.08. The van der Waals surface area contributed by atoms with Crippen LogP contribution in [0.2, 0.25) is 0 Å². The van der Waals surface area contributed by atoms with Gasteiger partial charge in [0.1, 0.15) is 0 Å². The highest BCUT2D eigenvalue weighted by atomic mass is 32.1. The van der Waals surface area contributed by atoms with Crippen LogP contribution < -0.4 is 0 Å². The fourth-order valence-electron chi connectivity index (χ4n) is 2.25. The second-order valence-electron chi connectivity index (χ2n) is 4.43. The van der Waals surface area contributed by atoms with Crippen molar-refractivity contribution in [3.8, 4) is 11.1 Å². The predicted octanol–water partition coefficient (Wildman–Crippen LogP) is 5.29. The van der Waals surface area contributed by atoms with Crippen LogP contribution in [0.5, 0.6) is 0 Å². The zero-order chi connectivity index (χ0) is 14.3. The molecule has 20 heavy (non-hydrogen) atoms. The summed E-state index contributed by atoms with van der Waals surface area (Å²) in [6, 6.07) is 11.8. The van der Waals surface area contributed by atoms with Gasteiger partial charge in [-0.25, -0.2) is 4.98 Å². The Morgan fingerprint density at radius 2 is 1.70 bits per heavy atom. The molecule has 1 aromatic heterocycles. The maximum Gasteiger partial charge on any atom is 0.419 e. The fraction of sp³-hybridized carbons (Fsp3) is 0.133. The van der Waals surface area contributed by atoms with Crippen molar-refractivity contribution in [3.05, 3.63) is 53.0 Å². The number of aromatic nitrogens is 1. The Hall–Kier alpha value is -1.88. The Kier molecular flexibility index (Phi) is 3.01. The number of hydrogen-bond donors (Lipinski definition) is 0. The lowest BCUT2D eigenvalue weighted by atomic mass is 9.98. The molecule has 0 saturated heterocycles. The molecule has 3 aromatic rings. The first-order chi connectivity index (χ1) is 9.47. The largest absolute Gasteiger partial charge is 0.419 e. The predicted molar refractivity (Wildman–Crippen MR) is 74.8 cm³/mol. The molecule has 2 aromatic carbocycles. The molecule has 0 unspecified atom stereocenters. The van der Waals surface area contributed by atoms with E-state index in [1.807, 2.05) is 0 Å². The zero-order valence-corrected chi connectivity index (χ0v) is 11.3. The van der Waals surface area contributed by atoms with Gasteiger partial charge in [0.15, 0.2) is 0 Å². The van der Waals surface area contributed by atoms with Crippen LogP contribution in [0.25, 0.3) is 21.3 Å². The van der Waals surface area contributed by atoms with Crippen molar-refractivity contribution in [2.24, 2.45) is 0 Å². The van der Waals surface area contributed by atoms with E-state index in [1.165, 1.54) is 17.4 Å². The Bertz CT molecular complexity index is 760. The average Bonchev–Trinajstić information content (AvgIpc) is 2.77. The third kappa shape index (κ3) is 2.18. The van der Waals surface area contributed by atoms with Crippen molar-refractivity contribution in [1.82, 2.24) is 4.98 Å². The van der Waals surface area contributed by atoms with Crippen molar-refractivity contribution >= 4 is 21.6 Å². The van der Waals surface area contributed by atoms with Gasteiger partial charge in [-0.05, 0) is 24.1 Å². The molecule has 0 bridgehead atoms. The first-order valence-corrected chi connectivity index (χ1v) is 6.81. The molecular formula is C15H10F3NS. The van der Waals surface area contributed by atoms with Crippen LogP contribution in [-0.4, -0.2) is 4.98 Å². The van der Waals surface area contributed by atoms with Crippen LogP contribution in [0, 0.1) is 6.92 Å². The number of thiazole rings is 1. The quantitative estimate of drug-likeness (QED) is 0.594. The van der Waals surface area contributed by atoms with Crippen LogP contribution >= 0.6 is 11.3 Å². The summed E-state index contributed by atoms with van der Waals surface area (Å²) in [4.78, 5) is 4.06. The molecule has 0 aliphatic rings. The van der Waals surface area contributed by atoms with E-state index in [0.29, 0.717) is 15.3 Å². The van der Waals surface area contributed by atoms with Crippen molar-refractivity contribution in [2.75, 3.05) is 0 Å². The molecule has 0 spiro atoms. The molecule has 0 atom stereocenters. The summed E-state index contributed by atoms with van der Waals surface area (Å²) in [6.45, 7) is 1.72. The highest BCUT2D eigenvalue weighted by Gasteiger charge is 2.37. The Balaban J connectivity index is 2.38. The van der Waals surface area contributed by atoms with Crippen LogP contribution in [-0.2, 0) is 6.18 Å². The van der Waals surface area contributed by atoms with E-state index in [2.05, 4.69) is 4.98 Å². The first-order valence-electron chi connectivity index (χ1n) is 5.99. The molecule has 0 amide bonds. The summed E-state index contributed by atoms with van der Waals surface area (Å²) in [5.74, 6) is 0. The molecule has 102 valence electrons. The Morgan fingerprint density at radius 1 is 1.00 bits per heavy atom. The lowest BCUT2D eigenvalue weighted by Gasteiger charge is -2.13. The minimum absolute atomic E-state index is 0.0429. The van der Waals surface area contributed by atoms with Gasteiger partial charge in [0.25, 0.3) is 0 Å². The normalized spacial score (nSPS) is 12.0. The van der Waals surface area contributed by atoms with Gasteiger partial charge in [0.05, 0.1) is 20.8 Å². The maximum atomic E-state index is 13.4. The molecule has 0 radical (unpaired) electrons. The molecule has 1 heterocycles. The van der Waals surface area contributed by atoms with Gasteiger partial charge in [0.2, 0.25) is 0 Å². The van der Waals surface area contributed by atoms with E-state index in [4.69, 9.17) is 0 Å². The zero-order valence-electron chi connectivity index (χ0n) is 10.5. The van der Waals surface area contributed by atoms with Crippen LogP contribution in [0.1, 0.15) is 10.6 Å². The number of halogens is 3. The average molecular weight is 293 g/mol. The first kappa shape index (κ1) is 13.1. The van der Waals surface area contributed by atoms with Crippen molar-refractivity contribution in [2.45, 2.75) is 13.1 Å². The highest BCUT2D eigenvalue weighted by molar-refractivity contribution is 7.18. The molecule has 5 heteroatoms. The van der Waals surface area contributed by atoms with Crippen LogP contribution in [0.3, 0.4) is 0 Å². The smallest absolute Gasteiger partial charge is 0.241 e. The van der Waals surface area contributed by atoms with Crippen molar-refractivity contribution in [1.29, 1.82) is 0 Å². The molecule has 1 nitrogen and oxygen atoms in total. The summed E-state index contributed by atoms with van der Waals surface area (Å²) in [6.07, 6.45) is -4.43. The minimum atomic E-state index is -4.43. The number of hydrogen-bond acceptors (Lipinski definition) is 2. The third-order valence-corrected chi connectivity index (χ3v) is 3.97. The highest BCUT2D eigenvalue weighted by Crippen LogP contribution is 2.42. The topological polar surface area (TPSA) is 12.9 Å². The second-order valence-corrected chi connectivity index (χ2v) is 5.67. The van der Waals surface area contributed by atoms with Crippen LogP contribution in [0.4, 0.5) is 13.2 Å². The Labute approximate surface area is 117 Å². The van der Waals surface area contributed by atoms with Gasteiger partial charge in [-0.1, -0.05) is 36.4 Å². The molecular weight excluding hydrogens is 283 g/mol. The van der Waals surface area contributed by atoms with E-state index in [-0.39, 0.29) is 11.1 Å². The SMILES string of the molecule is Cc1nc2c(C(F)(F)F)c(-c3ccccc3)ccc2s1. The fourth-order valence-corrected chi connectivity index (χ4v) is 3.09. The van der Waals surface area contributed by atoms with Crippen molar-refractivity contribution < 1.29 is 13.2 Å². The number of fused-ring (bicyclic) bond motifs is 1. The van der Waals surface area contributed by atoms with Gasteiger partial charge in [-0.3, -0.25) is 0 Å². The van der Waals surface area contributed by atoms with E-state index in [1.54, 1.807) is 43.3 Å². The molecule has 0 aliphatic carbocycles. The number of rotatable bonds is 1. The second kappa shape index (κ2) is 4.59. The monoisotopic (exact) mass is 293 g/mol. The van der Waals surface area contributed by atoms with E-state index in [9.17, 15) is 13.2 Å². The van der Waals surface area contributed by atoms with E-state index < -0.39 is 11.7 Å². The molecule has 3 rings (SSSR count). The van der Waals surface area contributed by atoms with Crippen molar-refractivity contribution in [3.63, 3.8) is 0 Å². The third-order valence-electron chi connectivity index (χ3n) is 3.04. The molecule has 0 N–H and O–H groups in total. The van der Waals surface area contributed by atoms with Gasteiger partial charge in [-0.2, -0.15) is 13.2 Å².